The topological polar surface area (TPSA) is 44.0 Å². The number of hydrogen-bond donors (Lipinski definition) is 1. The van der Waals surface area contributed by atoms with Gasteiger partial charge in [-0.05, 0) is 32.6 Å². The zero-order chi connectivity index (χ0) is 8.48. The third-order valence-corrected chi connectivity index (χ3v) is 2.62. The molecule has 1 N–H and O–H groups in total. The van der Waals surface area contributed by atoms with E-state index in [4.69, 9.17) is 5.26 Å². The van der Waals surface area contributed by atoms with Crippen molar-refractivity contribution >= 4 is 0 Å². The summed E-state index contributed by atoms with van der Waals surface area (Å²) < 4.78 is 0. The lowest BCUT2D eigenvalue weighted by molar-refractivity contribution is -0.00134. The van der Waals surface area contributed by atoms with Crippen LogP contribution in [0.3, 0.4) is 0 Å². The number of aliphatic hydroxyl groups excluding tert-OH is 1. The van der Waals surface area contributed by atoms with Crippen molar-refractivity contribution in [3.05, 3.63) is 0 Å². The molecule has 2 heteroatoms. The molecular weight excluding hydrogens is 138 g/mol. The van der Waals surface area contributed by atoms with Gasteiger partial charge < -0.3 is 5.11 Å². The van der Waals surface area contributed by atoms with E-state index in [-0.39, 0.29) is 0 Å². The van der Waals surface area contributed by atoms with Gasteiger partial charge in [0.25, 0.3) is 0 Å². The van der Waals surface area contributed by atoms with Crippen molar-refractivity contribution in [1.29, 1.82) is 5.26 Å². The quantitative estimate of drug-likeness (QED) is 0.656. The minimum Gasteiger partial charge on any atom is -0.391 e. The molecule has 1 saturated carbocycles. The van der Waals surface area contributed by atoms with Crippen molar-refractivity contribution in [2.75, 3.05) is 0 Å². The summed E-state index contributed by atoms with van der Waals surface area (Å²) in [6, 6.07) is 2.14. The summed E-state index contributed by atoms with van der Waals surface area (Å²) in [6.45, 7) is 3.60. The second-order valence-electron chi connectivity index (χ2n) is 3.97. The molecule has 1 aliphatic rings. The van der Waals surface area contributed by atoms with Crippen LogP contribution in [0.1, 0.15) is 33.1 Å². The predicted octanol–water partition coefficient (Wildman–Crippen LogP) is 1.70. The van der Waals surface area contributed by atoms with Crippen molar-refractivity contribution in [3.63, 3.8) is 0 Å². The summed E-state index contributed by atoms with van der Waals surface area (Å²) in [5, 5.41) is 18.4. The second-order valence-corrected chi connectivity index (χ2v) is 3.97. The van der Waals surface area contributed by atoms with Gasteiger partial charge in [0.05, 0.1) is 17.6 Å². The van der Waals surface area contributed by atoms with Gasteiger partial charge in [-0.2, -0.15) is 5.26 Å². The lowest BCUT2D eigenvalue weighted by Gasteiger charge is -2.36. The Hall–Kier alpha value is -0.550. The Morgan fingerprint density at radius 3 is 2.36 bits per heavy atom. The maximum atomic E-state index is 9.67. The molecule has 0 aromatic carbocycles. The van der Waals surface area contributed by atoms with Crippen molar-refractivity contribution in [2.45, 2.75) is 39.2 Å². The number of hydrogen-bond acceptors (Lipinski definition) is 2. The summed E-state index contributed by atoms with van der Waals surface area (Å²) >= 11 is 0. The summed E-state index contributed by atoms with van der Waals surface area (Å²) in [5.74, 6) is 0.379. The first-order chi connectivity index (χ1) is 5.08. The van der Waals surface area contributed by atoms with Gasteiger partial charge in [0.15, 0.2) is 0 Å². The highest BCUT2D eigenvalue weighted by atomic mass is 16.3. The average molecular weight is 153 g/mol. The molecule has 1 rings (SSSR count). The molecule has 11 heavy (non-hydrogen) atoms. The van der Waals surface area contributed by atoms with Crippen LogP contribution in [-0.2, 0) is 0 Å². The van der Waals surface area contributed by atoms with Gasteiger partial charge in [-0.25, -0.2) is 0 Å². The fourth-order valence-electron chi connectivity index (χ4n) is 1.41. The van der Waals surface area contributed by atoms with Gasteiger partial charge in [0.1, 0.15) is 0 Å². The van der Waals surface area contributed by atoms with Crippen LogP contribution in [-0.4, -0.2) is 11.2 Å². The molecule has 0 aromatic rings. The molecule has 62 valence electrons. The van der Waals surface area contributed by atoms with Crippen molar-refractivity contribution in [1.82, 2.24) is 0 Å². The molecule has 1 fully saturated rings. The Kier molecular flexibility index (Phi) is 2.20. The van der Waals surface area contributed by atoms with Crippen molar-refractivity contribution < 1.29 is 5.11 Å². The molecule has 1 unspecified atom stereocenters. The predicted molar refractivity (Wildman–Crippen MR) is 42.7 cm³/mol. The van der Waals surface area contributed by atoms with Crippen molar-refractivity contribution in [3.8, 4) is 6.07 Å². The summed E-state index contributed by atoms with van der Waals surface area (Å²) in [7, 11) is 0. The lowest BCUT2D eigenvalue weighted by atomic mass is 9.71. The molecular formula is C9H15NO. The molecule has 1 aliphatic carbocycles. The van der Waals surface area contributed by atoms with E-state index in [9.17, 15) is 5.11 Å². The molecule has 0 radical (unpaired) electrons. The highest BCUT2D eigenvalue weighted by Gasteiger charge is 2.36. The van der Waals surface area contributed by atoms with E-state index in [1.54, 1.807) is 13.8 Å². The van der Waals surface area contributed by atoms with E-state index in [1.165, 1.54) is 6.42 Å². The van der Waals surface area contributed by atoms with Crippen LogP contribution >= 0.6 is 0 Å². The third-order valence-electron chi connectivity index (χ3n) is 2.62. The number of rotatable bonds is 2. The van der Waals surface area contributed by atoms with Crippen LogP contribution in [0.4, 0.5) is 0 Å². The van der Waals surface area contributed by atoms with E-state index in [1.807, 2.05) is 0 Å². The molecule has 0 bridgehead atoms. The van der Waals surface area contributed by atoms with Crippen molar-refractivity contribution in [2.24, 2.45) is 11.3 Å². The van der Waals surface area contributed by atoms with E-state index in [0.717, 1.165) is 12.8 Å². The summed E-state index contributed by atoms with van der Waals surface area (Å²) in [4.78, 5) is 0. The molecule has 0 aromatic heterocycles. The monoisotopic (exact) mass is 153 g/mol. The zero-order valence-corrected chi connectivity index (χ0v) is 7.17. The van der Waals surface area contributed by atoms with Gasteiger partial charge in [0, 0.05) is 0 Å². The molecule has 0 spiro atoms. The Morgan fingerprint density at radius 1 is 1.55 bits per heavy atom. The van der Waals surface area contributed by atoms with E-state index >= 15 is 0 Å². The molecule has 2 nitrogen and oxygen atoms in total. The maximum Gasteiger partial charge on any atom is 0.0779 e. The Balaban J connectivity index is 2.52. The normalized spacial score (nSPS) is 22.0. The SMILES string of the molecule is CC(C)(C#N)C(O)C1CCC1. The fourth-order valence-corrected chi connectivity index (χ4v) is 1.41. The second kappa shape index (κ2) is 2.83. The molecule has 1 atom stereocenters. The van der Waals surface area contributed by atoms with Crippen LogP contribution in [0.25, 0.3) is 0 Å². The third kappa shape index (κ3) is 1.54. The smallest absolute Gasteiger partial charge is 0.0779 e. The standard InChI is InChI=1S/C9H15NO/c1-9(2,6-10)8(11)7-4-3-5-7/h7-8,11H,3-5H2,1-2H3. The summed E-state index contributed by atoms with van der Waals surface area (Å²) in [6.07, 6.45) is 2.96. The fraction of sp³-hybridized carbons (Fsp3) is 0.889. The Labute approximate surface area is 67.8 Å². The Morgan fingerprint density at radius 2 is 2.09 bits per heavy atom. The van der Waals surface area contributed by atoms with Crippen LogP contribution in [0.15, 0.2) is 0 Å². The van der Waals surface area contributed by atoms with Crippen LogP contribution in [0.5, 0.6) is 0 Å². The maximum absolute atomic E-state index is 9.67. The van der Waals surface area contributed by atoms with Crippen LogP contribution in [0, 0.1) is 22.7 Å². The molecule has 0 heterocycles. The van der Waals surface area contributed by atoms with E-state index in [2.05, 4.69) is 6.07 Å². The first-order valence-electron chi connectivity index (χ1n) is 4.17. The highest BCUT2D eigenvalue weighted by molar-refractivity contribution is 5.00. The van der Waals surface area contributed by atoms with Gasteiger partial charge in [-0.1, -0.05) is 6.42 Å². The summed E-state index contributed by atoms with van der Waals surface area (Å²) in [5.41, 5.74) is -0.564. The van der Waals surface area contributed by atoms with Crippen LogP contribution < -0.4 is 0 Å². The van der Waals surface area contributed by atoms with E-state index < -0.39 is 11.5 Å². The molecule has 0 aliphatic heterocycles. The Bertz CT molecular complexity index is 176. The van der Waals surface area contributed by atoms with E-state index in [0.29, 0.717) is 5.92 Å². The first kappa shape index (κ1) is 8.55. The largest absolute Gasteiger partial charge is 0.391 e. The van der Waals surface area contributed by atoms with Gasteiger partial charge >= 0.3 is 0 Å². The van der Waals surface area contributed by atoms with Gasteiger partial charge in [0.2, 0.25) is 0 Å². The minimum atomic E-state index is -0.564. The molecule has 0 amide bonds. The number of nitrogens with zero attached hydrogens (tertiary/aromatic N) is 1. The lowest BCUT2D eigenvalue weighted by Crippen LogP contribution is -2.38. The number of aliphatic hydroxyl groups is 1. The number of nitriles is 1. The van der Waals surface area contributed by atoms with Gasteiger partial charge in [-0.3, -0.25) is 0 Å². The average Bonchev–Trinajstić information content (AvgIpc) is 1.84. The zero-order valence-electron chi connectivity index (χ0n) is 7.17. The first-order valence-corrected chi connectivity index (χ1v) is 4.17. The van der Waals surface area contributed by atoms with Gasteiger partial charge in [-0.15, -0.1) is 0 Å². The minimum absolute atomic E-state index is 0.379. The molecule has 0 saturated heterocycles. The highest BCUT2D eigenvalue weighted by Crippen LogP contribution is 2.37. The van der Waals surface area contributed by atoms with Crippen LogP contribution in [0.2, 0.25) is 0 Å².